The van der Waals surface area contributed by atoms with Crippen molar-refractivity contribution in [3.05, 3.63) is 42.4 Å². The molecule has 2 N–H and O–H groups in total. The molecule has 2 aliphatic carbocycles. The van der Waals surface area contributed by atoms with Crippen LogP contribution in [0.3, 0.4) is 0 Å². The van der Waals surface area contributed by atoms with Crippen LogP contribution in [0, 0.1) is 17.8 Å². The lowest BCUT2D eigenvalue weighted by atomic mass is 9.80. The Morgan fingerprint density at radius 3 is 2.64 bits per heavy atom. The van der Waals surface area contributed by atoms with Crippen LogP contribution in [0.4, 0.5) is 5.82 Å². The molecule has 8 nitrogen and oxygen atoms in total. The normalized spacial score (nSPS) is 21.2. The Bertz CT molecular complexity index is 1260. The van der Waals surface area contributed by atoms with Gasteiger partial charge in [-0.2, -0.15) is 0 Å². The van der Waals surface area contributed by atoms with Gasteiger partial charge in [-0.3, -0.25) is 4.98 Å². The minimum absolute atomic E-state index is 0.190. The number of nitrogens with zero attached hydrogens (tertiary/aromatic N) is 5. The molecule has 0 bridgehead atoms. The second-order valence-electron chi connectivity index (χ2n) is 10.5. The van der Waals surface area contributed by atoms with E-state index in [-0.39, 0.29) is 11.9 Å². The van der Waals surface area contributed by atoms with E-state index in [1.807, 2.05) is 12.3 Å². The number of carboxylic acid groups (broad SMARTS) is 1. The van der Waals surface area contributed by atoms with Crippen molar-refractivity contribution in [1.29, 1.82) is 0 Å². The summed E-state index contributed by atoms with van der Waals surface area (Å²) in [5, 5.41) is 13.3. The maximum absolute atomic E-state index is 11.9. The van der Waals surface area contributed by atoms with Gasteiger partial charge in [-0.15, -0.1) is 6.58 Å². The minimum Gasteiger partial charge on any atom is -0.475 e. The molecule has 3 heterocycles. The second-order valence-corrected chi connectivity index (χ2v) is 10.5. The Hall–Kier alpha value is -3.29. The summed E-state index contributed by atoms with van der Waals surface area (Å²) in [6, 6.07) is 4.28. The summed E-state index contributed by atoms with van der Waals surface area (Å²) >= 11 is 0. The number of rotatable bonds is 9. The zero-order valence-electron chi connectivity index (χ0n) is 21.3. The number of fused-ring (bicyclic) bond motifs is 1. The lowest BCUT2D eigenvalue weighted by molar-refractivity contribution is 0.0684. The quantitative estimate of drug-likeness (QED) is 0.370. The van der Waals surface area contributed by atoms with Crippen molar-refractivity contribution in [1.82, 2.24) is 24.5 Å². The summed E-state index contributed by atoms with van der Waals surface area (Å²) < 4.78 is 2.19. The predicted octanol–water partition coefficient (Wildman–Crippen LogP) is 5.74. The maximum Gasteiger partial charge on any atom is 0.374 e. The highest BCUT2D eigenvalue weighted by Crippen LogP contribution is 2.36. The summed E-state index contributed by atoms with van der Waals surface area (Å²) in [5.74, 6) is 1.54. The number of hydrogen-bond acceptors (Lipinski definition) is 6. The Morgan fingerprint density at radius 2 is 2.00 bits per heavy atom. The largest absolute Gasteiger partial charge is 0.475 e. The van der Waals surface area contributed by atoms with Gasteiger partial charge in [-0.05, 0) is 87.3 Å². The molecule has 0 aliphatic heterocycles. The van der Waals surface area contributed by atoms with Crippen LogP contribution in [0.1, 0.15) is 75.0 Å². The number of hydrogen-bond donors (Lipinski definition) is 2. The monoisotopic (exact) mass is 488 g/mol. The molecule has 2 fully saturated rings. The third-order valence-corrected chi connectivity index (χ3v) is 8.14. The molecule has 0 amide bonds. The molecule has 3 aromatic heterocycles. The molecule has 0 saturated heterocycles. The highest BCUT2D eigenvalue weighted by molar-refractivity contribution is 5.92. The molecular formula is C28H36N6O2. The van der Waals surface area contributed by atoms with E-state index in [9.17, 15) is 9.90 Å². The molecule has 1 atom stereocenters. The van der Waals surface area contributed by atoms with Crippen LogP contribution in [-0.2, 0) is 13.0 Å². The number of allylic oxidation sites excluding steroid dienone is 1. The SMILES string of the molecule is C=CC1CCC(Cn2c(-c3cc(CC)ccn3)nc3nc(C(=O)O)nc(N[C@H](C)C4CCC4)c32)CC1. The fraction of sp³-hybridized carbons (Fsp3) is 0.536. The van der Waals surface area contributed by atoms with Crippen LogP contribution in [0.5, 0.6) is 0 Å². The molecule has 2 aliphatic rings. The van der Waals surface area contributed by atoms with Gasteiger partial charge < -0.3 is 15.0 Å². The Morgan fingerprint density at radius 1 is 1.22 bits per heavy atom. The van der Waals surface area contributed by atoms with Crippen molar-refractivity contribution in [3.8, 4) is 11.5 Å². The molecule has 190 valence electrons. The molecule has 0 radical (unpaired) electrons. The molecule has 3 aromatic rings. The van der Waals surface area contributed by atoms with Crippen molar-refractivity contribution in [2.45, 2.75) is 77.8 Å². The van der Waals surface area contributed by atoms with Crippen LogP contribution in [0.15, 0.2) is 31.0 Å². The predicted molar refractivity (Wildman–Crippen MR) is 141 cm³/mol. The van der Waals surface area contributed by atoms with E-state index in [2.05, 4.69) is 57.4 Å². The Labute approximate surface area is 212 Å². The van der Waals surface area contributed by atoms with Crippen LogP contribution in [0.25, 0.3) is 22.7 Å². The number of imidazole rings is 1. The zero-order chi connectivity index (χ0) is 25.2. The van der Waals surface area contributed by atoms with Crippen LogP contribution < -0.4 is 5.32 Å². The summed E-state index contributed by atoms with van der Waals surface area (Å²) in [6.07, 6.45) is 12.9. The van der Waals surface area contributed by atoms with Crippen molar-refractivity contribution < 1.29 is 9.90 Å². The molecule has 0 unspecified atom stereocenters. The lowest BCUT2D eigenvalue weighted by Crippen LogP contribution is -2.31. The first-order valence-electron chi connectivity index (χ1n) is 13.3. The number of anilines is 1. The van der Waals surface area contributed by atoms with Gasteiger partial charge in [-0.25, -0.2) is 19.7 Å². The first kappa shape index (κ1) is 24.4. The van der Waals surface area contributed by atoms with E-state index in [0.717, 1.165) is 55.7 Å². The van der Waals surface area contributed by atoms with Crippen LogP contribution >= 0.6 is 0 Å². The summed E-state index contributed by atoms with van der Waals surface area (Å²) in [4.78, 5) is 30.3. The van der Waals surface area contributed by atoms with Crippen LogP contribution in [0.2, 0.25) is 0 Å². The van der Waals surface area contributed by atoms with E-state index in [0.29, 0.717) is 29.2 Å². The average molecular weight is 489 g/mol. The first-order valence-corrected chi connectivity index (χ1v) is 13.3. The number of carboxylic acids is 1. The maximum atomic E-state index is 11.9. The highest BCUT2D eigenvalue weighted by atomic mass is 16.4. The summed E-state index contributed by atoms with van der Waals surface area (Å²) in [7, 11) is 0. The zero-order valence-corrected chi connectivity index (χ0v) is 21.3. The number of nitrogens with one attached hydrogen (secondary N) is 1. The first-order chi connectivity index (χ1) is 17.5. The number of aromatic carboxylic acids is 1. The van der Waals surface area contributed by atoms with Crippen molar-refractivity contribution >= 4 is 23.0 Å². The molecule has 0 aromatic carbocycles. The second kappa shape index (κ2) is 10.4. The smallest absolute Gasteiger partial charge is 0.374 e. The fourth-order valence-electron chi connectivity index (χ4n) is 5.56. The van der Waals surface area contributed by atoms with Gasteiger partial charge in [-0.1, -0.05) is 19.4 Å². The Balaban J connectivity index is 1.63. The molecule has 36 heavy (non-hydrogen) atoms. The standard InChI is InChI=1S/C28H36N6O2/c1-4-18-9-11-20(12-10-18)16-34-23-24(30-17(3)21-7-6-8-21)31-26(28(35)36)32-25(23)33-27(34)22-15-19(5-2)13-14-29-22/h4,13-15,17-18,20-21H,1,5-12,16H2,2-3H3,(H,35,36)(H,30,31,32)/t17-,18?,20?/m1/s1. The van der Waals surface area contributed by atoms with E-state index in [1.54, 1.807) is 0 Å². The van der Waals surface area contributed by atoms with Gasteiger partial charge in [0.05, 0.1) is 0 Å². The van der Waals surface area contributed by atoms with E-state index < -0.39 is 5.97 Å². The highest BCUT2D eigenvalue weighted by Gasteiger charge is 2.29. The number of pyridine rings is 1. The van der Waals surface area contributed by atoms with E-state index >= 15 is 0 Å². The average Bonchev–Trinajstić information content (AvgIpc) is 3.22. The number of aromatic nitrogens is 5. The lowest BCUT2D eigenvalue weighted by Gasteiger charge is -2.32. The van der Waals surface area contributed by atoms with Gasteiger partial charge in [0.1, 0.15) is 11.2 Å². The van der Waals surface area contributed by atoms with Crippen LogP contribution in [-0.4, -0.2) is 41.6 Å². The van der Waals surface area contributed by atoms with Gasteiger partial charge >= 0.3 is 5.97 Å². The van der Waals surface area contributed by atoms with Gasteiger partial charge in [0.15, 0.2) is 17.3 Å². The molecule has 8 heteroatoms. The fourth-order valence-corrected chi connectivity index (χ4v) is 5.56. The van der Waals surface area contributed by atoms with Gasteiger partial charge in [0.25, 0.3) is 0 Å². The summed E-state index contributed by atoms with van der Waals surface area (Å²) in [5.41, 5.74) is 3.14. The number of aryl methyl sites for hydroxylation is 1. The third-order valence-electron chi connectivity index (χ3n) is 8.14. The summed E-state index contributed by atoms with van der Waals surface area (Å²) in [6.45, 7) is 9.04. The topological polar surface area (TPSA) is 106 Å². The molecular weight excluding hydrogens is 452 g/mol. The molecule has 5 rings (SSSR count). The van der Waals surface area contributed by atoms with E-state index in [1.165, 1.54) is 24.8 Å². The number of carbonyl (C=O) groups is 1. The molecule has 2 saturated carbocycles. The van der Waals surface area contributed by atoms with E-state index in [4.69, 9.17) is 4.98 Å². The van der Waals surface area contributed by atoms with Gasteiger partial charge in [0.2, 0.25) is 5.82 Å². The minimum atomic E-state index is -1.15. The van der Waals surface area contributed by atoms with Crippen molar-refractivity contribution in [2.24, 2.45) is 17.8 Å². The molecule has 0 spiro atoms. The Kier molecular flexibility index (Phi) is 7.03. The van der Waals surface area contributed by atoms with Gasteiger partial charge in [0, 0.05) is 18.8 Å². The van der Waals surface area contributed by atoms with Crippen molar-refractivity contribution in [2.75, 3.05) is 5.32 Å². The third kappa shape index (κ3) is 4.86. The van der Waals surface area contributed by atoms with Crippen molar-refractivity contribution in [3.63, 3.8) is 0 Å².